The molecule has 178 valence electrons. The summed E-state index contributed by atoms with van der Waals surface area (Å²) >= 11 is 0. The van der Waals surface area contributed by atoms with Crippen LogP contribution in [0.25, 0.3) is 5.69 Å². The number of carbonyl (C=O) groups is 2. The van der Waals surface area contributed by atoms with Gasteiger partial charge in [0, 0.05) is 26.2 Å². The van der Waals surface area contributed by atoms with Crippen molar-refractivity contribution in [1.82, 2.24) is 14.7 Å². The molecule has 0 aliphatic carbocycles. The molecule has 1 saturated heterocycles. The van der Waals surface area contributed by atoms with Gasteiger partial charge in [-0.25, -0.2) is 9.48 Å². The average Bonchev–Trinajstić information content (AvgIpc) is 3.14. The van der Waals surface area contributed by atoms with Gasteiger partial charge in [-0.05, 0) is 45.0 Å². The Kier molecular flexibility index (Phi) is 7.27. The molecule has 1 N–H and O–H groups in total. The Morgan fingerprint density at radius 2 is 1.65 bits per heavy atom. The van der Waals surface area contributed by atoms with Gasteiger partial charge in [0.15, 0.2) is 0 Å². The number of para-hydroxylation sites is 2. The van der Waals surface area contributed by atoms with E-state index >= 15 is 0 Å². The molecule has 1 amide bonds. The Hall–Kier alpha value is -3.65. The zero-order chi connectivity index (χ0) is 24.1. The molecule has 0 bridgehead atoms. The van der Waals surface area contributed by atoms with Gasteiger partial charge in [-0.3, -0.25) is 9.69 Å². The van der Waals surface area contributed by atoms with Gasteiger partial charge >= 0.3 is 5.97 Å². The molecule has 0 radical (unpaired) electrons. The van der Waals surface area contributed by atoms with Crippen LogP contribution in [0.15, 0.2) is 54.6 Å². The third-order valence-electron chi connectivity index (χ3n) is 6.01. The molecule has 2 heterocycles. The second kappa shape index (κ2) is 10.5. The lowest BCUT2D eigenvalue weighted by atomic mass is 10.1. The molecule has 3 aromatic rings. The molecule has 34 heavy (non-hydrogen) atoms. The number of carbonyl (C=O) groups excluding carboxylic acids is 2. The molecule has 4 rings (SSSR count). The van der Waals surface area contributed by atoms with Crippen molar-refractivity contribution >= 4 is 23.3 Å². The Bertz CT molecular complexity index is 1150. The van der Waals surface area contributed by atoms with Gasteiger partial charge in [-0.2, -0.15) is 5.10 Å². The number of aryl methyl sites for hydroxylation is 1. The highest BCUT2D eigenvalue weighted by Crippen LogP contribution is 2.27. The number of rotatable bonds is 7. The van der Waals surface area contributed by atoms with Crippen molar-refractivity contribution in [1.29, 1.82) is 0 Å². The number of nitrogens with zero attached hydrogens (tertiary/aromatic N) is 4. The number of nitrogens with one attached hydrogen (secondary N) is 1. The summed E-state index contributed by atoms with van der Waals surface area (Å²) in [5.74, 6) is -0.580. The molecule has 0 unspecified atom stereocenters. The van der Waals surface area contributed by atoms with E-state index in [0.29, 0.717) is 11.3 Å². The molecule has 0 spiro atoms. The van der Waals surface area contributed by atoms with Crippen molar-refractivity contribution < 1.29 is 14.3 Å². The van der Waals surface area contributed by atoms with Crippen LogP contribution in [-0.2, 0) is 9.53 Å². The predicted octanol–water partition coefficient (Wildman–Crippen LogP) is 3.43. The average molecular weight is 462 g/mol. The van der Waals surface area contributed by atoms with E-state index in [-0.39, 0.29) is 19.1 Å². The minimum absolute atomic E-state index is 0.144. The van der Waals surface area contributed by atoms with E-state index < -0.39 is 5.97 Å². The summed E-state index contributed by atoms with van der Waals surface area (Å²) in [5, 5.41) is 7.64. The smallest absolute Gasteiger partial charge is 0.340 e. The first-order chi connectivity index (χ1) is 16.5. The van der Waals surface area contributed by atoms with Crippen LogP contribution < -0.4 is 10.2 Å². The van der Waals surface area contributed by atoms with Crippen LogP contribution in [0.1, 0.15) is 28.7 Å². The maximum Gasteiger partial charge on any atom is 0.340 e. The zero-order valence-electron chi connectivity index (χ0n) is 20.0. The van der Waals surface area contributed by atoms with Gasteiger partial charge in [-0.15, -0.1) is 0 Å². The summed E-state index contributed by atoms with van der Waals surface area (Å²) in [6.45, 7) is 9.62. The Morgan fingerprint density at radius 1 is 0.971 bits per heavy atom. The van der Waals surface area contributed by atoms with Crippen LogP contribution in [0.5, 0.6) is 0 Å². The summed E-state index contributed by atoms with van der Waals surface area (Å²) in [4.78, 5) is 29.3. The van der Waals surface area contributed by atoms with E-state index in [1.54, 1.807) is 31.2 Å². The molecular weight excluding hydrogens is 430 g/mol. The number of esters is 1. The minimum atomic E-state index is -0.436. The second-order valence-electron chi connectivity index (χ2n) is 8.34. The van der Waals surface area contributed by atoms with Crippen LogP contribution in [0, 0.1) is 13.8 Å². The molecule has 1 aliphatic rings. The first-order valence-corrected chi connectivity index (χ1v) is 11.6. The summed E-state index contributed by atoms with van der Waals surface area (Å²) in [5.41, 5.74) is 5.17. The number of benzene rings is 2. The fourth-order valence-corrected chi connectivity index (χ4v) is 4.41. The summed E-state index contributed by atoms with van der Waals surface area (Å²) < 4.78 is 7.08. The van der Waals surface area contributed by atoms with Crippen molar-refractivity contribution in [2.45, 2.75) is 20.8 Å². The van der Waals surface area contributed by atoms with Gasteiger partial charge in [0.25, 0.3) is 0 Å². The zero-order valence-corrected chi connectivity index (χ0v) is 20.0. The molecule has 1 aliphatic heterocycles. The van der Waals surface area contributed by atoms with E-state index in [1.807, 2.05) is 29.8 Å². The van der Waals surface area contributed by atoms with Crippen LogP contribution in [0.2, 0.25) is 0 Å². The SMILES string of the molecule is CCOC(=O)c1ccccc1NC(=O)CN1CCN(c2c(C)nn(-c3ccccc3)c2C)CC1. The Balaban J connectivity index is 1.36. The number of anilines is 2. The molecular formula is C26H31N5O3. The molecule has 8 nitrogen and oxygen atoms in total. The van der Waals surface area contributed by atoms with E-state index in [9.17, 15) is 9.59 Å². The van der Waals surface area contributed by atoms with Crippen LogP contribution in [0.4, 0.5) is 11.4 Å². The largest absolute Gasteiger partial charge is 0.462 e. The molecule has 1 fully saturated rings. The van der Waals surface area contributed by atoms with E-state index in [0.717, 1.165) is 48.9 Å². The lowest BCUT2D eigenvalue weighted by Crippen LogP contribution is -2.49. The van der Waals surface area contributed by atoms with Crippen molar-refractivity contribution in [3.05, 3.63) is 71.5 Å². The number of ether oxygens (including phenoxy) is 1. The number of amides is 1. The van der Waals surface area contributed by atoms with E-state index in [4.69, 9.17) is 9.84 Å². The number of hydrogen-bond donors (Lipinski definition) is 1. The third-order valence-corrected chi connectivity index (χ3v) is 6.01. The van der Waals surface area contributed by atoms with Gasteiger partial charge in [0.1, 0.15) is 0 Å². The first-order valence-electron chi connectivity index (χ1n) is 11.6. The van der Waals surface area contributed by atoms with Crippen LogP contribution >= 0.6 is 0 Å². The molecule has 2 aromatic carbocycles. The van der Waals surface area contributed by atoms with Gasteiger partial charge in [0.2, 0.25) is 5.91 Å². The summed E-state index contributed by atoms with van der Waals surface area (Å²) in [7, 11) is 0. The number of hydrogen-bond acceptors (Lipinski definition) is 6. The molecule has 8 heteroatoms. The Labute approximate surface area is 200 Å². The molecule has 0 atom stereocenters. The highest BCUT2D eigenvalue weighted by Gasteiger charge is 2.24. The van der Waals surface area contributed by atoms with Crippen molar-refractivity contribution in [3.63, 3.8) is 0 Å². The summed E-state index contributed by atoms with van der Waals surface area (Å²) in [6.07, 6.45) is 0. The van der Waals surface area contributed by atoms with Gasteiger partial charge < -0.3 is 15.0 Å². The first kappa shape index (κ1) is 23.5. The number of aromatic nitrogens is 2. The van der Waals surface area contributed by atoms with Gasteiger partial charge in [-0.1, -0.05) is 30.3 Å². The van der Waals surface area contributed by atoms with Crippen LogP contribution in [0.3, 0.4) is 0 Å². The summed E-state index contributed by atoms with van der Waals surface area (Å²) in [6, 6.07) is 17.1. The highest BCUT2D eigenvalue weighted by molar-refractivity contribution is 6.01. The highest BCUT2D eigenvalue weighted by atomic mass is 16.5. The number of piperazine rings is 1. The fraction of sp³-hybridized carbons (Fsp3) is 0.346. The van der Waals surface area contributed by atoms with Crippen molar-refractivity contribution in [3.8, 4) is 5.69 Å². The monoisotopic (exact) mass is 461 g/mol. The lowest BCUT2D eigenvalue weighted by molar-refractivity contribution is -0.117. The molecule has 1 aromatic heterocycles. The van der Waals surface area contributed by atoms with E-state index in [1.165, 1.54) is 0 Å². The quantitative estimate of drug-likeness (QED) is 0.543. The van der Waals surface area contributed by atoms with Crippen molar-refractivity contribution in [2.24, 2.45) is 0 Å². The fourth-order valence-electron chi connectivity index (χ4n) is 4.41. The predicted molar refractivity (Wildman–Crippen MR) is 133 cm³/mol. The Morgan fingerprint density at radius 3 is 2.35 bits per heavy atom. The topological polar surface area (TPSA) is 79.7 Å². The van der Waals surface area contributed by atoms with E-state index in [2.05, 4.69) is 34.2 Å². The maximum atomic E-state index is 12.7. The third kappa shape index (κ3) is 5.12. The minimum Gasteiger partial charge on any atom is -0.462 e. The maximum absolute atomic E-state index is 12.7. The normalized spacial score (nSPS) is 14.1. The second-order valence-corrected chi connectivity index (χ2v) is 8.34. The van der Waals surface area contributed by atoms with Crippen LogP contribution in [-0.4, -0.2) is 65.9 Å². The lowest BCUT2D eigenvalue weighted by Gasteiger charge is -2.35. The van der Waals surface area contributed by atoms with Crippen molar-refractivity contribution in [2.75, 3.05) is 49.5 Å². The molecule has 0 saturated carbocycles. The standard InChI is InChI=1S/C26H31N5O3/c1-4-34-26(33)22-12-8-9-13-23(22)27-24(32)18-29-14-16-30(17-15-29)25-19(2)28-31(20(25)3)21-10-6-5-7-11-21/h5-13H,4,14-18H2,1-3H3,(H,27,32). The van der Waals surface area contributed by atoms with Gasteiger partial charge in [0.05, 0.1) is 47.2 Å².